The van der Waals surface area contributed by atoms with Gasteiger partial charge in [0, 0.05) is 32.2 Å². The van der Waals surface area contributed by atoms with Crippen molar-refractivity contribution in [3.8, 4) is 0 Å². The first kappa shape index (κ1) is 18.1. The summed E-state index contributed by atoms with van der Waals surface area (Å²) in [7, 11) is 4.27. The van der Waals surface area contributed by atoms with Gasteiger partial charge in [0.15, 0.2) is 0 Å². The molecule has 7 nitrogen and oxygen atoms in total. The molecule has 2 saturated heterocycles. The molecule has 7 heteroatoms. The number of anilines is 1. The summed E-state index contributed by atoms with van der Waals surface area (Å²) in [6.45, 7) is 8.82. The van der Waals surface area contributed by atoms with Gasteiger partial charge >= 0.3 is 0 Å². The topological polar surface area (TPSA) is 61.8 Å². The predicted octanol–water partition coefficient (Wildman–Crippen LogP) is 0.971. The molecule has 1 amide bonds. The molecule has 2 atom stereocenters. The van der Waals surface area contributed by atoms with Crippen molar-refractivity contribution in [3.05, 3.63) is 18.1 Å². The number of nitrogens with zero attached hydrogens (tertiary/aromatic N) is 5. The minimum Gasteiger partial charge on any atom is -0.378 e. The Morgan fingerprint density at radius 2 is 1.96 bits per heavy atom. The quantitative estimate of drug-likeness (QED) is 0.809. The zero-order chi connectivity index (χ0) is 18.0. The average Bonchev–Trinajstić information content (AvgIpc) is 3.08. The fraction of sp³-hybridized carbons (Fsp3) is 0.722. The molecular formula is C18H29N5O2. The van der Waals surface area contributed by atoms with Gasteiger partial charge in [-0.3, -0.25) is 9.78 Å². The summed E-state index contributed by atoms with van der Waals surface area (Å²) in [5, 5.41) is 0. The van der Waals surface area contributed by atoms with Crippen LogP contribution in [0.2, 0.25) is 0 Å². The first-order chi connectivity index (χ1) is 12.0. The number of rotatable bonds is 4. The van der Waals surface area contributed by atoms with Crippen LogP contribution >= 0.6 is 0 Å². The van der Waals surface area contributed by atoms with Gasteiger partial charge in [-0.25, -0.2) is 4.98 Å². The highest BCUT2D eigenvalue weighted by molar-refractivity contribution is 5.92. The van der Waals surface area contributed by atoms with Crippen LogP contribution in [0.25, 0.3) is 0 Å². The van der Waals surface area contributed by atoms with Crippen molar-refractivity contribution >= 4 is 11.7 Å². The lowest BCUT2D eigenvalue weighted by Gasteiger charge is -2.27. The van der Waals surface area contributed by atoms with Crippen molar-refractivity contribution < 1.29 is 9.53 Å². The second kappa shape index (κ2) is 7.66. The average molecular weight is 347 g/mol. The Kier molecular flexibility index (Phi) is 5.54. The van der Waals surface area contributed by atoms with E-state index in [9.17, 15) is 4.79 Å². The van der Waals surface area contributed by atoms with Crippen LogP contribution in [0.5, 0.6) is 0 Å². The minimum atomic E-state index is -0.0542. The Balaban J connectivity index is 1.76. The predicted molar refractivity (Wildman–Crippen MR) is 96.8 cm³/mol. The highest BCUT2D eigenvalue weighted by atomic mass is 16.5. The third-order valence-electron chi connectivity index (χ3n) is 5.32. The molecule has 138 valence electrons. The molecule has 3 heterocycles. The van der Waals surface area contributed by atoms with Gasteiger partial charge in [-0.05, 0) is 25.9 Å². The maximum atomic E-state index is 12.7. The minimum absolute atomic E-state index is 0.0542. The van der Waals surface area contributed by atoms with Crippen molar-refractivity contribution in [3.63, 3.8) is 0 Å². The molecule has 0 radical (unpaired) electrons. The monoisotopic (exact) mass is 347 g/mol. The van der Waals surface area contributed by atoms with Crippen LogP contribution in [0.3, 0.4) is 0 Å². The van der Waals surface area contributed by atoms with E-state index in [-0.39, 0.29) is 5.91 Å². The van der Waals surface area contributed by atoms with Gasteiger partial charge in [-0.1, -0.05) is 13.8 Å². The van der Waals surface area contributed by atoms with Crippen LogP contribution in [0.4, 0.5) is 5.82 Å². The molecule has 2 fully saturated rings. The highest BCUT2D eigenvalue weighted by Gasteiger charge is 2.36. The lowest BCUT2D eigenvalue weighted by Crippen LogP contribution is -2.41. The van der Waals surface area contributed by atoms with E-state index < -0.39 is 0 Å². The van der Waals surface area contributed by atoms with Crippen LogP contribution in [0.1, 0.15) is 24.3 Å². The summed E-state index contributed by atoms with van der Waals surface area (Å²) in [5.41, 5.74) is 0.425. The van der Waals surface area contributed by atoms with Crippen molar-refractivity contribution in [2.24, 2.45) is 11.8 Å². The van der Waals surface area contributed by atoms with Crippen molar-refractivity contribution in [2.75, 3.05) is 58.4 Å². The molecule has 0 bridgehead atoms. The number of hydrogen-bond acceptors (Lipinski definition) is 6. The molecule has 0 aromatic carbocycles. The zero-order valence-electron chi connectivity index (χ0n) is 15.7. The number of carbonyl (C=O) groups is 1. The number of carbonyl (C=O) groups excluding carboxylic acids is 1. The lowest BCUT2D eigenvalue weighted by atomic mass is 9.91. The van der Waals surface area contributed by atoms with Gasteiger partial charge in [0.2, 0.25) is 0 Å². The van der Waals surface area contributed by atoms with Crippen LogP contribution in [0, 0.1) is 11.8 Å². The Hall–Kier alpha value is -1.73. The fourth-order valence-corrected chi connectivity index (χ4v) is 3.74. The van der Waals surface area contributed by atoms with Gasteiger partial charge in [-0.2, -0.15) is 0 Å². The Bertz CT molecular complexity index is 585. The molecular weight excluding hydrogens is 318 g/mol. The van der Waals surface area contributed by atoms with Gasteiger partial charge in [0.1, 0.15) is 11.5 Å². The Morgan fingerprint density at radius 1 is 1.24 bits per heavy atom. The molecule has 1 aromatic rings. The maximum Gasteiger partial charge on any atom is 0.274 e. The largest absolute Gasteiger partial charge is 0.378 e. The van der Waals surface area contributed by atoms with E-state index in [1.54, 1.807) is 17.3 Å². The van der Waals surface area contributed by atoms with Crippen LogP contribution in [0.15, 0.2) is 12.4 Å². The SMILES string of the molecule is CC(C)C1CN(c2cncc(C(=O)N3CCOCC3)n2)CC1N(C)C. The number of aromatic nitrogens is 2. The second-order valence-corrected chi connectivity index (χ2v) is 7.51. The number of ether oxygens (including phenoxy) is 1. The Morgan fingerprint density at radius 3 is 2.56 bits per heavy atom. The first-order valence-corrected chi connectivity index (χ1v) is 9.08. The van der Waals surface area contributed by atoms with E-state index in [0.717, 1.165) is 18.9 Å². The van der Waals surface area contributed by atoms with E-state index in [0.29, 0.717) is 49.9 Å². The summed E-state index contributed by atoms with van der Waals surface area (Å²) in [4.78, 5) is 27.9. The zero-order valence-corrected chi connectivity index (χ0v) is 15.7. The smallest absolute Gasteiger partial charge is 0.274 e. The standard InChI is InChI=1S/C18H29N5O2/c1-13(2)14-11-23(12-16(14)21(3)4)17-10-19-9-15(20-17)18(24)22-5-7-25-8-6-22/h9-10,13-14,16H,5-8,11-12H2,1-4H3. The van der Waals surface area contributed by atoms with E-state index in [1.165, 1.54) is 0 Å². The van der Waals surface area contributed by atoms with Crippen molar-refractivity contribution in [1.82, 2.24) is 19.8 Å². The number of amides is 1. The molecule has 0 N–H and O–H groups in total. The highest BCUT2D eigenvalue weighted by Crippen LogP contribution is 2.29. The lowest BCUT2D eigenvalue weighted by molar-refractivity contribution is 0.0299. The van der Waals surface area contributed by atoms with E-state index in [1.807, 2.05) is 0 Å². The Labute approximate surface area is 150 Å². The third kappa shape index (κ3) is 3.93. The molecule has 0 spiro atoms. The summed E-state index contributed by atoms with van der Waals surface area (Å²) >= 11 is 0. The van der Waals surface area contributed by atoms with E-state index >= 15 is 0 Å². The van der Waals surface area contributed by atoms with Gasteiger partial charge in [0.05, 0.1) is 25.6 Å². The number of hydrogen-bond donors (Lipinski definition) is 0. The fourth-order valence-electron chi connectivity index (χ4n) is 3.74. The molecule has 2 aliphatic heterocycles. The van der Waals surface area contributed by atoms with Crippen molar-refractivity contribution in [1.29, 1.82) is 0 Å². The van der Waals surface area contributed by atoms with Crippen molar-refractivity contribution in [2.45, 2.75) is 19.9 Å². The molecule has 3 rings (SSSR count). The molecule has 2 unspecified atom stereocenters. The molecule has 2 aliphatic rings. The van der Waals surface area contributed by atoms with Gasteiger partial charge in [-0.15, -0.1) is 0 Å². The summed E-state index contributed by atoms with van der Waals surface area (Å²) in [6, 6.07) is 0.486. The van der Waals surface area contributed by atoms with Crippen LogP contribution < -0.4 is 4.90 Å². The van der Waals surface area contributed by atoms with Crippen LogP contribution in [-0.4, -0.2) is 85.2 Å². The first-order valence-electron chi connectivity index (χ1n) is 9.08. The third-order valence-corrected chi connectivity index (χ3v) is 5.32. The van der Waals surface area contributed by atoms with Gasteiger partial charge in [0.25, 0.3) is 5.91 Å². The number of morpholine rings is 1. The molecule has 1 aromatic heterocycles. The molecule has 0 aliphatic carbocycles. The molecule has 25 heavy (non-hydrogen) atoms. The summed E-state index contributed by atoms with van der Waals surface area (Å²) in [6.07, 6.45) is 3.34. The number of likely N-dealkylation sites (N-methyl/N-ethyl adjacent to an activating group) is 1. The maximum absolute atomic E-state index is 12.7. The molecule has 0 saturated carbocycles. The summed E-state index contributed by atoms with van der Waals surface area (Å²) < 4.78 is 5.32. The summed E-state index contributed by atoms with van der Waals surface area (Å²) in [5.74, 6) is 1.93. The van der Waals surface area contributed by atoms with E-state index in [2.05, 4.69) is 47.7 Å². The van der Waals surface area contributed by atoms with Gasteiger partial charge < -0.3 is 19.4 Å². The van der Waals surface area contributed by atoms with Crippen LogP contribution in [-0.2, 0) is 4.74 Å². The second-order valence-electron chi connectivity index (χ2n) is 7.51. The van der Waals surface area contributed by atoms with E-state index in [4.69, 9.17) is 4.74 Å². The normalized spacial score (nSPS) is 24.4.